The Labute approximate surface area is 109 Å². The lowest BCUT2D eigenvalue weighted by molar-refractivity contribution is 0.0954. The van der Waals surface area contributed by atoms with E-state index < -0.39 is 0 Å². The van der Waals surface area contributed by atoms with Crippen molar-refractivity contribution in [1.29, 1.82) is 0 Å². The van der Waals surface area contributed by atoms with Crippen LogP contribution in [0.4, 0.5) is 0 Å². The third-order valence-corrected chi connectivity index (χ3v) is 2.56. The molecule has 0 radical (unpaired) electrons. The Morgan fingerprint density at radius 2 is 2.00 bits per heavy atom. The number of benzene rings is 1. The van der Waals surface area contributed by atoms with E-state index in [2.05, 4.69) is 12.2 Å². The number of carbonyl (C=O) groups excluding carboxylic acids is 1. The quantitative estimate of drug-likeness (QED) is 0.693. The number of nitrogens with one attached hydrogen (secondary N) is 1. The predicted octanol–water partition coefficient (Wildman–Crippen LogP) is 1.94. The first-order valence-corrected chi connectivity index (χ1v) is 6.49. The molecule has 0 aliphatic heterocycles. The van der Waals surface area contributed by atoms with E-state index >= 15 is 0 Å². The van der Waals surface area contributed by atoms with Gasteiger partial charge in [0.25, 0.3) is 5.91 Å². The molecule has 0 aromatic heterocycles. The van der Waals surface area contributed by atoms with Crippen molar-refractivity contribution in [3.8, 4) is 5.75 Å². The summed E-state index contributed by atoms with van der Waals surface area (Å²) in [5.74, 6) is 0.708. The molecule has 0 aliphatic rings. The van der Waals surface area contributed by atoms with Gasteiger partial charge in [0.2, 0.25) is 0 Å². The fraction of sp³-hybridized carbons (Fsp3) is 0.500. The summed E-state index contributed by atoms with van der Waals surface area (Å²) in [7, 11) is 0. The fourth-order valence-corrected chi connectivity index (χ4v) is 1.53. The summed E-state index contributed by atoms with van der Waals surface area (Å²) in [5, 5.41) is 2.72. The molecule has 0 unspecified atom stereocenters. The molecule has 3 N–H and O–H groups in total. The molecule has 4 heteroatoms. The highest BCUT2D eigenvalue weighted by Crippen LogP contribution is 2.12. The van der Waals surface area contributed by atoms with Crippen LogP contribution in [0, 0.1) is 0 Å². The second-order valence-corrected chi connectivity index (χ2v) is 4.12. The standard InChI is InChI=1S/C14H22N2O2/c1-2-3-4-11-18-13-7-5-12(6-8-13)14(17)16-10-9-15/h5-8H,2-4,9-11,15H2,1H3,(H,16,17). The summed E-state index contributed by atoms with van der Waals surface area (Å²) in [6.45, 7) is 3.83. The van der Waals surface area contributed by atoms with Gasteiger partial charge < -0.3 is 15.8 Å². The van der Waals surface area contributed by atoms with Gasteiger partial charge >= 0.3 is 0 Å². The van der Waals surface area contributed by atoms with Gasteiger partial charge in [0.15, 0.2) is 0 Å². The van der Waals surface area contributed by atoms with Crippen LogP contribution in [0.3, 0.4) is 0 Å². The molecule has 1 aromatic rings. The summed E-state index contributed by atoms with van der Waals surface area (Å²) in [4.78, 5) is 11.6. The highest BCUT2D eigenvalue weighted by molar-refractivity contribution is 5.94. The Morgan fingerprint density at radius 1 is 1.28 bits per heavy atom. The predicted molar refractivity (Wildman–Crippen MR) is 72.8 cm³/mol. The van der Waals surface area contributed by atoms with Crippen molar-refractivity contribution in [3.63, 3.8) is 0 Å². The van der Waals surface area contributed by atoms with Gasteiger partial charge in [0, 0.05) is 18.7 Å². The normalized spacial score (nSPS) is 10.1. The summed E-state index contributed by atoms with van der Waals surface area (Å²) in [6, 6.07) is 7.18. The van der Waals surface area contributed by atoms with Gasteiger partial charge in [-0.05, 0) is 30.7 Å². The molecule has 18 heavy (non-hydrogen) atoms. The molecule has 4 nitrogen and oxygen atoms in total. The van der Waals surface area contributed by atoms with E-state index in [1.54, 1.807) is 12.1 Å². The second kappa shape index (κ2) is 8.53. The Balaban J connectivity index is 2.39. The number of hydrogen-bond donors (Lipinski definition) is 2. The first kappa shape index (κ1) is 14.5. The van der Waals surface area contributed by atoms with Crippen LogP contribution < -0.4 is 15.8 Å². The molecule has 1 rings (SSSR count). The van der Waals surface area contributed by atoms with Crippen molar-refractivity contribution in [2.45, 2.75) is 26.2 Å². The van der Waals surface area contributed by atoms with Gasteiger partial charge in [-0.2, -0.15) is 0 Å². The fourth-order valence-electron chi connectivity index (χ4n) is 1.53. The minimum Gasteiger partial charge on any atom is -0.494 e. The molecule has 0 aliphatic carbocycles. The smallest absolute Gasteiger partial charge is 0.251 e. The maximum Gasteiger partial charge on any atom is 0.251 e. The van der Waals surface area contributed by atoms with Crippen molar-refractivity contribution in [2.75, 3.05) is 19.7 Å². The third kappa shape index (κ3) is 5.19. The van der Waals surface area contributed by atoms with E-state index in [0.717, 1.165) is 18.8 Å². The molecule has 0 heterocycles. The third-order valence-electron chi connectivity index (χ3n) is 2.56. The molecule has 0 atom stereocenters. The van der Waals surface area contributed by atoms with Crippen LogP contribution in [0.1, 0.15) is 36.5 Å². The van der Waals surface area contributed by atoms with Crippen molar-refractivity contribution < 1.29 is 9.53 Å². The number of hydrogen-bond acceptors (Lipinski definition) is 3. The summed E-state index contributed by atoms with van der Waals surface area (Å²) in [5.41, 5.74) is 5.95. The molecule has 0 saturated carbocycles. The van der Waals surface area contributed by atoms with Crippen molar-refractivity contribution in [1.82, 2.24) is 5.32 Å². The van der Waals surface area contributed by atoms with Gasteiger partial charge in [-0.15, -0.1) is 0 Å². The Morgan fingerprint density at radius 3 is 2.61 bits per heavy atom. The number of carbonyl (C=O) groups is 1. The zero-order chi connectivity index (χ0) is 13.2. The van der Waals surface area contributed by atoms with Crippen LogP contribution in [-0.4, -0.2) is 25.6 Å². The number of ether oxygens (including phenoxy) is 1. The summed E-state index contributed by atoms with van der Waals surface area (Å²) in [6.07, 6.45) is 3.43. The monoisotopic (exact) mass is 250 g/mol. The van der Waals surface area contributed by atoms with E-state index in [0.29, 0.717) is 18.7 Å². The average molecular weight is 250 g/mol. The van der Waals surface area contributed by atoms with Gasteiger partial charge in [0.05, 0.1) is 6.61 Å². The molecular formula is C14H22N2O2. The Bertz CT molecular complexity index is 349. The van der Waals surface area contributed by atoms with Crippen LogP contribution in [0.25, 0.3) is 0 Å². The van der Waals surface area contributed by atoms with Crippen molar-refractivity contribution in [2.24, 2.45) is 5.73 Å². The largest absolute Gasteiger partial charge is 0.494 e. The summed E-state index contributed by atoms with van der Waals surface area (Å²) >= 11 is 0. The van der Waals surface area contributed by atoms with Crippen LogP contribution >= 0.6 is 0 Å². The highest BCUT2D eigenvalue weighted by Gasteiger charge is 2.04. The summed E-state index contributed by atoms with van der Waals surface area (Å²) < 4.78 is 5.57. The topological polar surface area (TPSA) is 64.3 Å². The van der Waals surface area contributed by atoms with Crippen molar-refractivity contribution in [3.05, 3.63) is 29.8 Å². The van der Waals surface area contributed by atoms with E-state index in [1.807, 2.05) is 12.1 Å². The van der Waals surface area contributed by atoms with E-state index in [1.165, 1.54) is 12.8 Å². The molecule has 1 aromatic carbocycles. The molecule has 0 spiro atoms. The lowest BCUT2D eigenvalue weighted by Gasteiger charge is -2.07. The first-order chi connectivity index (χ1) is 8.77. The highest BCUT2D eigenvalue weighted by atomic mass is 16.5. The zero-order valence-corrected chi connectivity index (χ0v) is 10.9. The average Bonchev–Trinajstić information content (AvgIpc) is 2.41. The number of unbranched alkanes of at least 4 members (excludes halogenated alkanes) is 2. The SMILES string of the molecule is CCCCCOc1ccc(C(=O)NCCN)cc1. The number of amides is 1. The Kier molecular flexibility index (Phi) is 6.87. The molecule has 0 bridgehead atoms. The maximum atomic E-state index is 11.6. The number of rotatable bonds is 8. The lowest BCUT2D eigenvalue weighted by Crippen LogP contribution is -2.28. The minimum atomic E-state index is -0.0991. The molecule has 100 valence electrons. The molecule has 0 fully saturated rings. The van der Waals surface area contributed by atoms with Gasteiger partial charge in [-0.1, -0.05) is 19.8 Å². The lowest BCUT2D eigenvalue weighted by atomic mass is 10.2. The van der Waals surface area contributed by atoms with Gasteiger partial charge in [-0.3, -0.25) is 4.79 Å². The maximum absolute atomic E-state index is 11.6. The number of nitrogens with two attached hydrogens (primary N) is 1. The molecule has 0 saturated heterocycles. The van der Waals surface area contributed by atoms with Crippen LogP contribution in [0.5, 0.6) is 5.75 Å². The van der Waals surface area contributed by atoms with Crippen LogP contribution in [0.2, 0.25) is 0 Å². The minimum absolute atomic E-state index is 0.0991. The van der Waals surface area contributed by atoms with Crippen LogP contribution in [-0.2, 0) is 0 Å². The Hall–Kier alpha value is -1.55. The van der Waals surface area contributed by atoms with Gasteiger partial charge in [0.1, 0.15) is 5.75 Å². The van der Waals surface area contributed by atoms with E-state index in [4.69, 9.17) is 10.5 Å². The van der Waals surface area contributed by atoms with Crippen LogP contribution in [0.15, 0.2) is 24.3 Å². The van der Waals surface area contributed by atoms with E-state index in [-0.39, 0.29) is 5.91 Å². The van der Waals surface area contributed by atoms with Crippen molar-refractivity contribution >= 4 is 5.91 Å². The van der Waals surface area contributed by atoms with Gasteiger partial charge in [-0.25, -0.2) is 0 Å². The molecular weight excluding hydrogens is 228 g/mol. The van der Waals surface area contributed by atoms with E-state index in [9.17, 15) is 4.79 Å². The molecule has 1 amide bonds. The zero-order valence-electron chi connectivity index (χ0n) is 10.9. The second-order valence-electron chi connectivity index (χ2n) is 4.12. The first-order valence-electron chi connectivity index (χ1n) is 6.49.